The average molecular weight is 405 g/mol. The van der Waals surface area contributed by atoms with E-state index in [0.29, 0.717) is 31.3 Å². The highest BCUT2D eigenvalue weighted by Gasteiger charge is 2.24. The minimum absolute atomic E-state index is 0.299. The van der Waals surface area contributed by atoms with Crippen LogP contribution in [0.25, 0.3) is 5.57 Å². The van der Waals surface area contributed by atoms with E-state index in [1.54, 1.807) is 0 Å². The molecule has 2 rings (SSSR count). The highest BCUT2D eigenvalue weighted by Crippen LogP contribution is 2.29. The van der Waals surface area contributed by atoms with Gasteiger partial charge >= 0.3 is 0 Å². The van der Waals surface area contributed by atoms with Crippen molar-refractivity contribution in [2.24, 2.45) is 0 Å². The van der Waals surface area contributed by atoms with Crippen LogP contribution in [0.15, 0.2) is 54.1 Å². The number of aryl methyl sites for hydroxylation is 1. The third-order valence-corrected chi connectivity index (χ3v) is 5.43. The van der Waals surface area contributed by atoms with Crippen LogP contribution in [0.1, 0.15) is 84.9 Å². The zero-order valence-electron chi connectivity index (χ0n) is 23.3. The first-order valence-corrected chi connectivity index (χ1v) is 10.5. The van der Waals surface area contributed by atoms with Crippen molar-refractivity contribution in [2.45, 2.75) is 89.8 Å². The smallest absolute Gasteiger partial charge is 0.0811 e. The monoisotopic (exact) mass is 404 g/mol. The molecule has 3 nitrogen and oxygen atoms in total. The highest BCUT2D eigenvalue weighted by molar-refractivity contribution is 5.68. The van der Waals surface area contributed by atoms with Gasteiger partial charge in [-0.25, -0.2) is 0 Å². The zero-order chi connectivity index (χ0) is 26.4. The van der Waals surface area contributed by atoms with Crippen molar-refractivity contribution in [3.8, 4) is 0 Å². The van der Waals surface area contributed by atoms with Crippen molar-refractivity contribution >= 4 is 5.57 Å². The van der Waals surface area contributed by atoms with Gasteiger partial charge in [-0.1, -0.05) is 62.8 Å². The average Bonchev–Trinajstić information content (AvgIpc) is 2.75. The van der Waals surface area contributed by atoms with Crippen LogP contribution in [0.5, 0.6) is 0 Å². The fourth-order valence-corrected chi connectivity index (χ4v) is 3.69. The van der Waals surface area contributed by atoms with Gasteiger partial charge in [-0.15, -0.1) is 0 Å². The summed E-state index contributed by atoms with van der Waals surface area (Å²) in [6, 6.07) is 8.14. The van der Waals surface area contributed by atoms with Gasteiger partial charge in [0.2, 0.25) is 0 Å². The summed E-state index contributed by atoms with van der Waals surface area (Å²) in [5.41, 5.74) is 2.12. The summed E-state index contributed by atoms with van der Waals surface area (Å²) in [6.07, 6.45) is 6.34. The van der Waals surface area contributed by atoms with E-state index in [2.05, 4.69) is 19.6 Å². The van der Waals surface area contributed by atoms with Crippen LogP contribution in [-0.2, 0) is 6.42 Å². The van der Waals surface area contributed by atoms with Crippen LogP contribution >= 0.6 is 0 Å². The van der Waals surface area contributed by atoms with Crippen LogP contribution < -0.4 is 0 Å². The third-order valence-electron chi connectivity index (χ3n) is 5.43. The molecule has 0 aromatic heterocycles. The molecular formula is C26H38O3. The molecule has 3 N–H and O–H groups in total. The summed E-state index contributed by atoms with van der Waals surface area (Å²) in [7, 11) is 0. The molecule has 1 saturated carbocycles. The van der Waals surface area contributed by atoms with Gasteiger partial charge in [-0.3, -0.25) is 0 Å². The number of hydrogen-bond acceptors (Lipinski definition) is 3. The lowest BCUT2D eigenvalue weighted by Gasteiger charge is -2.26. The summed E-state index contributed by atoms with van der Waals surface area (Å²) < 4.78 is 44.7. The van der Waals surface area contributed by atoms with Gasteiger partial charge in [-0.2, -0.15) is 0 Å². The standard InChI is InChI=1S/C26H38O3/c1-5-21(13-14-22-17-24(27)18-25(28)19(22)2)23-12-9-11-20(16-23)10-7-6-8-15-26(3,4)29/h9,11-14,16,24-25,27-29H,2,5-8,10,15,17-18H2,1,3-4H3/t24-,25+/m1/s1/i3D3,4D3. The molecule has 1 aliphatic carbocycles. The summed E-state index contributed by atoms with van der Waals surface area (Å²) in [4.78, 5) is 0. The van der Waals surface area contributed by atoms with Gasteiger partial charge in [-0.05, 0) is 73.7 Å². The van der Waals surface area contributed by atoms with E-state index >= 15 is 0 Å². The Morgan fingerprint density at radius 1 is 1.28 bits per heavy atom. The molecule has 0 amide bonds. The van der Waals surface area contributed by atoms with Gasteiger partial charge < -0.3 is 15.3 Å². The molecule has 1 aromatic rings. The molecule has 0 aliphatic heterocycles. The van der Waals surface area contributed by atoms with E-state index in [1.165, 1.54) is 0 Å². The molecule has 29 heavy (non-hydrogen) atoms. The molecule has 2 atom stereocenters. The molecule has 0 unspecified atom stereocenters. The summed E-state index contributed by atoms with van der Waals surface area (Å²) >= 11 is 0. The maximum Gasteiger partial charge on any atom is 0.0811 e. The van der Waals surface area contributed by atoms with E-state index in [4.69, 9.17) is 8.22 Å². The molecule has 1 aliphatic rings. The summed E-state index contributed by atoms with van der Waals surface area (Å²) in [5.74, 6) is 0. The third kappa shape index (κ3) is 7.93. The molecule has 0 spiro atoms. The molecule has 3 heteroatoms. The first kappa shape index (κ1) is 16.1. The van der Waals surface area contributed by atoms with E-state index in [9.17, 15) is 15.3 Å². The van der Waals surface area contributed by atoms with Crippen molar-refractivity contribution < 1.29 is 23.5 Å². The molecule has 0 saturated heterocycles. The van der Waals surface area contributed by atoms with E-state index in [1.807, 2.05) is 30.4 Å². The van der Waals surface area contributed by atoms with Crippen LogP contribution in [0.3, 0.4) is 0 Å². The Hall–Kier alpha value is -1.68. The number of hydrogen-bond donors (Lipinski definition) is 3. The van der Waals surface area contributed by atoms with Crippen molar-refractivity contribution in [3.63, 3.8) is 0 Å². The Morgan fingerprint density at radius 3 is 2.79 bits per heavy atom. The maximum absolute atomic E-state index is 10.3. The first-order valence-electron chi connectivity index (χ1n) is 13.5. The molecule has 1 fully saturated rings. The topological polar surface area (TPSA) is 60.7 Å². The highest BCUT2D eigenvalue weighted by atomic mass is 16.3. The predicted octanol–water partition coefficient (Wildman–Crippen LogP) is 5.35. The van der Waals surface area contributed by atoms with Crippen molar-refractivity contribution in [2.75, 3.05) is 0 Å². The number of aliphatic hydroxyl groups is 3. The van der Waals surface area contributed by atoms with Crippen molar-refractivity contribution in [3.05, 3.63) is 65.3 Å². The lowest BCUT2D eigenvalue weighted by Crippen LogP contribution is -2.26. The molecule has 0 bridgehead atoms. The second kappa shape index (κ2) is 10.9. The minimum atomic E-state index is -2.97. The number of benzene rings is 1. The molecule has 0 radical (unpaired) electrons. The molecule has 1 aromatic carbocycles. The quantitative estimate of drug-likeness (QED) is 0.486. The fraction of sp³-hybridized carbons (Fsp3) is 0.538. The SMILES string of the molecule is [2H]C([2H])([2H])C(O)(CCCCCc1cccc(C(=CC=C2C[C@@H](O)C[C@H](O)C2=C)CC)c1)C([2H])([2H])[2H]. The fourth-order valence-electron chi connectivity index (χ4n) is 3.69. The first-order chi connectivity index (χ1) is 16.2. The zero-order valence-corrected chi connectivity index (χ0v) is 17.3. The Labute approximate surface area is 184 Å². The Kier molecular flexibility index (Phi) is 6.05. The number of rotatable bonds is 9. The van der Waals surface area contributed by atoms with Gasteiger partial charge in [0.05, 0.1) is 17.8 Å². The summed E-state index contributed by atoms with van der Waals surface area (Å²) in [6.45, 7) is 0.0839. The second-order valence-corrected chi connectivity index (χ2v) is 7.99. The van der Waals surface area contributed by atoms with Crippen LogP contribution in [-0.4, -0.2) is 33.1 Å². The molecule has 0 heterocycles. The Morgan fingerprint density at radius 2 is 2.07 bits per heavy atom. The van der Waals surface area contributed by atoms with Gasteiger partial charge in [0.1, 0.15) is 0 Å². The normalized spacial score (nSPS) is 26.3. The number of allylic oxidation sites excluding steroid dienone is 3. The number of aliphatic hydroxyl groups excluding tert-OH is 2. The Balaban J connectivity index is 2.01. The molecular weight excluding hydrogens is 360 g/mol. The predicted molar refractivity (Wildman–Crippen MR) is 122 cm³/mol. The second-order valence-electron chi connectivity index (χ2n) is 7.99. The van der Waals surface area contributed by atoms with Crippen LogP contribution in [0.2, 0.25) is 0 Å². The van der Waals surface area contributed by atoms with Gasteiger partial charge in [0, 0.05) is 14.6 Å². The van der Waals surface area contributed by atoms with E-state index in [-0.39, 0.29) is 6.42 Å². The van der Waals surface area contributed by atoms with E-state index < -0.39 is 31.5 Å². The van der Waals surface area contributed by atoms with Gasteiger partial charge in [0.15, 0.2) is 0 Å². The summed E-state index contributed by atoms with van der Waals surface area (Å²) in [5, 5.41) is 30.4. The maximum atomic E-state index is 10.3. The molecule has 160 valence electrons. The lowest BCUT2D eigenvalue weighted by molar-refractivity contribution is 0.0680. The number of unbranched alkanes of at least 4 members (excludes halogenated alkanes) is 2. The van der Waals surface area contributed by atoms with Gasteiger partial charge in [0.25, 0.3) is 0 Å². The van der Waals surface area contributed by atoms with Crippen LogP contribution in [0.4, 0.5) is 0 Å². The van der Waals surface area contributed by atoms with Crippen molar-refractivity contribution in [1.29, 1.82) is 0 Å². The van der Waals surface area contributed by atoms with Crippen LogP contribution in [0, 0.1) is 0 Å². The lowest BCUT2D eigenvalue weighted by atomic mass is 9.86. The minimum Gasteiger partial charge on any atom is -0.393 e. The largest absolute Gasteiger partial charge is 0.393 e. The van der Waals surface area contributed by atoms with Crippen molar-refractivity contribution in [1.82, 2.24) is 0 Å². The Bertz CT molecular complexity index is 916. The van der Waals surface area contributed by atoms with E-state index in [0.717, 1.165) is 41.5 Å².